The molecule has 0 radical (unpaired) electrons. The molecular weight excluding hydrogens is 283 g/mol. The predicted octanol–water partition coefficient (Wildman–Crippen LogP) is 4.62. The molecule has 19 heavy (non-hydrogen) atoms. The molecule has 0 N–H and O–H groups in total. The van der Waals surface area contributed by atoms with Gasteiger partial charge in [-0.1, -0.05) is 0 Å². The molecule has 1 unspecified atom stereocenters. The molecule has 104 valence electrons. The zero-order valence-corrected chi connectivity index (χ0v) is 13.1. The van der Waals surface area contributed by atoms with Crippen molar-refractivity contribution in [3.05, 3.63) is 29.8 Å². The molecule has 0 saturated heterocycles. The Morgan fingerprint density at radius 1 is 1.47 bits per heavy atom. The lowest BCUT2D eigenvalue weighted by molar-refractivity contribution is 0.559. The quantitative estimate of drug-likeness (QED) is 0.767. The number of hydrogen-bond acceptors (Lipinski definition) is 2. The van der Waals surface area contributed by atoms with Gasteiger partial charge in [-0.15, -0.1) is 11.6 Å². The fourth-order valence-corrected chi connectivity index (χ4v) is 2.46. The van der Waals surface area contributed by atoms with Crippen molar-refractivity contribution in [2.24, 2.45) is 0 Å². The summed E-state index contributed by atoms with van der Waals surface area (Å²) in [5.74, 6) is 0.527. The van der Waals surface area contributed by atoms with Gasteiger partial charge in [-0.25, -0.2) is 9.37 Å². The summed E-state index contributed by atoms with van der Waals surface area (Å²) in [4.78, 5) is 4.47. The van der Waals surface area contributed by atoms with Gasteiger partial charge in [0, 0.05) is 17.4 Å². The normalized spacial score (nSPS) is 14.0. The van der Waals surface area contributed by atoms with E-state index in [4.69, 9.17) is 11.6 Å². The summed E-state index contributed by atoms with van der Waals surface area (Å²) >= 11 is 8.00. The molecule has 1 atom stereocenters. The summed E-state index contributed by atoms with van der Waals surface area (Å²) in [5, 5.41) is -0.201. The van der Waals surface area contributed by atoms with Crippen molar-refractivity contribution in [3.63, 3.8) is 0 Å². The second-order valence-corrected chi connectivity index (χ2v) is 7.44. The third-order valence-corrected chi connectivity index (χ3v) is 4.62. The smallest absolute Gasteiger partial charge is 0.127 e. The monoisotopic (exact) mass is 300 g/mol. The highest BCUT2D eigenvalue weighted by atomic mass is 35.5. The Balaban J connectivity index is 2.59. The molecule has 0 aliphatic rings. The number of alkyl halides is 1. The molecular formula is C14H18ClFN2S. The summed E-state index contributed by atoms with van der Waals surface area (Å²) in [6.07, 6.45) is 2.09. The molecule has 1 aromatic carbocycles. The molecule has 0 bridgehead atoms. The van der Waals surface area contributed by atoms with E-state index >= 15 is 0 Å². The van der Waals surface area contributed by atoms with E-state index in [0.29, 0.717) is 5.52 Å². The maximum Gasteiger partial charge on any atom is 0.127 e. The zero-order valence-electron chi connectivity index (χ0n) is 11.6. The van der Waals surface area contributed by atoms with Crippen molar-refractivity contribution in [1.82, 2.24) is 9.55 Å². The average molecular weight is 301 g/mol. The molecule has 2 rings (SSSR count). The van der Waals surface area contributed by atoms with Gasteiger partial charge in [0.1, 0.15) is 11.6 Å². The van der Waals surface area contributed by atoms with Crippen LogP contribution in [0.2, 0.25) is 0 Å². The molecule has 2 nitrogen and oxygen atoms in total. The van der Waals surface area contributed by atoms with E-state index in [-0.39, 0.29) is 15.9 Å². The van der Waals surface area contributed by atoms with Crippen LogP contribution in [0.1, 0.15) is 32.0 Å². The fourth-order valence-electron chi connectivity index (χ4n) is 2.04. The van der Waals surface area contributed by atoms with Crippen LogP contribution in [0, 0.1) is 5.82 Å². The van der Waals surface area contributed by atoms with Gasteiger partial charge in [-0.2, -0.15) is 11.8 Å². The number of fused-ring (bicyclic) bond motifs is 1. The highest BCUT2D eigenvalue weighted by molar-refractivity contribution is 7.99. The summed E-state index contributed by atoms with van der Waals surface area (Å²) in [6.45, 7) is 7.04. The zero-order chi connectivity index (χ0) is 14.2. The van der Waals surface area contributed by atoms with Crippen LogP contribution in [-0.4, -0.2) is 20.6 Å². The van der Waals surface area contributed by atoms with Gasteiger partial charge in [0.05, 0.1) is 16.4 Å². The number of thioether (sulfide) groups is 1. The van der Waals surface area contributed by atoms with Crippen molar-refractivity contribution >= 4 is 34.4 Å². The van der Waals surface area contributed by atoms with Gasteiger partial charge in [0.25, 0.3) is 0 Å². The second kappa shape index (κ2) is 5.33. The first-order chi connectivity index (χ1) is 8.84. The van der Waals surface area contributed by atoms with Crippen LogP contribution < -0.4 is 0 Å². The van der Waals surface area contributed by atoms with E-state index in [9.17, 15) is 4.39 Å². The van der Waals surface area contributed by atoms with E-state index in [0.717, 1.165) is 17.9 Å². The summed E-state index contributed by atoms with van der Waals surface area (Å²) in [5.41, 5.74) is 1.60. The first-order valence-corrected chi connectivity index (χ1v) is 7.85. The number of benzene rings is 1. The maximum absolute atomic E-state index is 13.3. The van der Waals surface area contributed by atoms with Crippen molar-refractivity contribution in [2.45, 2.75) is 37.4 Å². The van der Waals surface area contributed by atoms with Crippen molar-refractivity contribution in [2.75, 3.05) is 6.26 Å². The van der Waals surface area contributed by atoms with Crippen LogP contribution in [0.25, 0.3) is 11.0 Å². The third-order valence-electron chi connectivity index (χ3n) is 3.19. The third kappa shape index (κ3) is 3.06. The molecule has 0 aliphatic heterocycles. The lowest BCUT2D eigenvalue weighted by atomic mass is 10.2. The van der Waals surface area contributed by atoms with Gasteiger partial charge >= 0.3 is 0 Å². The fraction of sp³-hybridized carbons (Fsp3) is 0.500. The van der Waals surface area contributed by atoms with Crippen LogP contribution in [0.3, 0.4) is 0 Å². The molecule has 1 heterocycles. The molecule has 0 spiro atoms. The number of rotatable bonds is 4. The lowest BCUT2D eigenvalue weighted by Gasteiger charge is -2.24. The minimum absolute atomic E-state index is 0.0720. The molecule has 5 heteroatoms. The standard InChI is InChI=1S/C14H18ClFN2S/c1-9(15)13-17-11-7-10(16)5-6-12(11)18(13)8-14(2,3)19-4/h5-7,9H,8H2,1-4H3. The summed E-state index contributed by atoms with van der Waals surface area (Å²) in [7, 11) is 0. The van der Waals surface area contributed by atoms with E-state index in [1.807, 2.05) is 6.92 Å². The Labute approximate surface area is 122 Å². The molecule has 0 fully saturated rings. The number of hydrogen-bond donors (Lipinski definition) is 0. The Kier molecular flexibility index (Phi) is 4.11. The van der Waals surface area contributed by atoms with Gasteiger partial charge in [0.15, 0.2) is 0 Å². The first-order valence-electron chi connectivity index (χ1n) is 6.19. The molecule has 1 aromatic heterocycles. The Hall–Kier alpha value is -0.740. The Morgan fingerprint density at radius 3 is 2.74 bits per heavy atom. The van der Waals surface area contributed by atoms with Crippen LogP contribution in [0.5, 0.6) is 0 Å². The predicted molar refractivity (Wildman–Crippen MR) is 81.6 cm³/mol. The van der Waals surface area contributed by atoms with E-state index < -0.39 is 0 Å². The highest BCUT2D eigenvalue weighted by Crippen LogP contribution is 2.30. The number of aromatic nitrogens is 2. The molecule has 0 amide bonds. The van der Waals surface area contributed by atoms with Crippen molar-refractivity contribution < 1.29 is 4.39 Å². The van der Waals surface area contributed by atoms with E-state index in [1.165, 1.54) is 12.1 Å². The van der Waals surface area contributed by atoms with Gasteiger partial charge in [0.2, 0.25) is 0 Å². The number of imidazole rings is 1. The highest BCUT2D eigenvalue weighted by Gasteiger charge is 2.22. The maximum atomic E-state index is 13.3. The lowest BCUT2D eigenvalue weighted by Crippen LogP contribution is -2.23. The first kappa shape index (κ1) is 14.7. The van der Waals surface area contributed by atoms with Crippen LogP contribution >= 0.6 is 23.4 Å². The van der Waals surface area contributed by atoms with Crippen LogP contribution in [0.15, 0.2) is 18.2 Å². The van der Waals surface area contributed by atoms with E-state index in [2.05, 4.69) is 29.7 Å². The van der Waals surface area contributed by atoms with Gasteiger partial charge < -0.3 is 4.57 Å². The number of nitrogens with zero attached hydrogens (tertiary/aromatic N) is 2. The number of halogens is 2. The average Bonchev–Trinajstić information content (AvgIpc) is 2.67. The van der Waals surface area contributed by atoms with E-state index in [1.54, 1.807) is 17.8 Å². The summed E-state index contributed by atoms with van der Waals surface area (Å²) < 4.78 is 15.5. The second-order valence-electron chi connectivity index (χ2n) is 5.27. The van der Waals surface area contributed by atoms with Crippen LogP contribution in [0.4, 0.5) is 4.39 Å². The Bertz CT molecular complexity index is 592. The van der Waals surface area contributed by atoms with Crippen LogP contribution in [-0.2, 0) is 6.54 Å². The largest absolute Gasteiger partial charge is 0.325 e. The molecule has 0 aliphatic carbocycles. The molecule has 0 saturated carbocycles. The minimum atomic E-state index is -0.268. The van der Waals surface area contributed by atoms with Gasteiger partial charge in [-0.05, 0) is 39.2 Å². The summed E-state index contributed by atoms with van der Waals surface area (Å²) in [6, 6.07) is 4.70. The SMILES string of the molecule is CSC(C)(C)Cn1c(C(C)Cl)nc2cc(F)ccc21. The van der Waals surface area contributed by atoms with Crippen molar-refractivity contribution in [3.8, 4) is 0 Å². The molecule has 2 aromatic rings. The topological polar surface area (TPSA) is 17.8 Å². The minimum Gasteiger partial charge on any atom is -0.325 e. The Morgan fingerprint density at radius 2 is 2.16 bits per heavy atom. The van der Waals surface area contributed by atoms with Gasteiger partial charge in [-0.3, -0.25) is 0 Å². The van der Waals surface area contributed by atoms with Crippen molar-refractivity contribution in [1.29, 1.82) is 0 Å².